The first kappa shape index (κ1) is 9.71. The molecule has 0 unspecified atom stereocenters. The SMILES string of the molecule is O/N=C(/Cl)C1CCC(F)(F)CC1. The number of hydrogen-bond acceptors (Lipinski definition) is 2. The summed E-state index contributed by atoms with van der Waals surface area (Å²) in [5.41, 5.74) is 0. The van der Waals surface area contributed by atoms with Crippen LogP contribution in [0, 0.1) is 5.92 Å². The summed E-state index contributed by atoms with van der Waals surface area (Å²) in [4.78, 5) is 0. The fourth-order valence-corrected chi connectivity index (χ4v) is 1.58. The van der Waals surface area contributed by atoms with Gasteiger partial charge in [-0.3, -0.25) is 0 Å². The predicted octanol–water partition coefficient (Wildman–Crippen LogP) is 2.84. The number of oxime groups is 1. The Morgan fingerprint density at radius 2 is 1.92 bits per heavy atom. The average molecular weight is 198 g/mol. The molecule has 0 heterocycles. The lowest BCUT2D eigenvalue weighted by molar-refractivity contribution is -0.0393. The van der Waals surface area contributed by atoms with Gasteiger partial charge in [0.05, 0.1) is 0 Å². The molecule has 1 N–H and O–H groups in total. The van der Waals surface area contributed by atoms with Gasteiger partial charge in [0, 0.05) is 18.8 Å². The molecule has 12 heavy (non-hydrogen) atoms. The van der Waals surface area contributed by atoms with Gasteiger partial charge in [0.15, 0.2) is 0 Å². The Bertz CT molecular complexity index is 186. The molecule has 0 atom stereocenters. The zero-order valence-corrected chi connectivity index (χ0v) is 7.19. The smallest absolute Gasteiger partial charge is 0.248 e. The summed E-state index contributed by atoms with van der Waals surface area (Å²) in [6.07, 6.45) is 0.276. The molecular weight excluding hydrogens is 188 g/mol. The molecule has 0 radical (unpaired) electrons. The highest BCUT2D eigenvalue weighted by atomic mass is 35.5. The van der Waals surface area contributed by atoms with Crippen LogP contribution >= 0.6 is 11.6 Å². The Morgan fingerprint density at radius 3 is 2.33 bits per heavy atom. The van der Waals surface area contributed by atoms with Gasteiger partial charge >= 0.3 is 0 Å². The maximum Gasteiger partial charge on any atom is 0.248 e. The number of nitrogens with zero attached hydrogens (tertiary/aromatic N) is 1. The normalized spacial score (nSPS) is 25.8. The van der Waals surface area contributed by atoms with Crippen molar-refractivity contribution < 1.29 is 14.0 Å². The molecule has 0 spiro atoms. The van der Waals surface area contributed by atoms with Gasteiger partial charge in [0.1, 0.15) is 5.17 Å². The fraction of sp³-hybridized carbons (Fsp3) is 0.857. The zero-order valence-electron chi connectivity index (χ0n) is 6.43. The van der Waals surface area contributed by atoms with Gasteiger partial charge in [-0.1, -0.05) is 16.8 Å². The first-order valence-electron chi connectivity index (χ1n) is 3.80. The summed E-state index contributed by atoms with van der Waals surface area (Å²) in [6.45, 7) is 0. The van der Waals surface area contributed by atoms with Crippen LogP contribution in [0.5, 0.6) is 0 Å². The lowest BCUT2D eigenvalue weighted by Crippen LogP contribution is -2.27. The summed E-state index contributed by atoms with van der Waals surface area (Å²) in [5.74, 6) is -2.74. The average Bonchev–Trinajstić information content (AvgIpc) is 2.03. The van der Waals surface area contributed by atoms with Crippen LogP contribution in [0.25, 0.3) is 0 Å². The lowest BCUT2D eigenvalue weighted by atomic mass is 9.87. The van der Waals surface area contributed by atoms with E-state index in [0.29, 0.717) is 12.8 Å². The third kappa shape index (κ3) is 2.30. The highest BCUT2D eigenvalue weighted by Crippen LogP contribution is 2.37. The Hall–Kier alpha value is -0.380. The van der Waals surface area contributed by atoms with Crippen molar-refractivity contribution in [2.75, 3.05) is 0 Å². The van der Waals surface area contributed by atoms with Crippen LogP contribution in [-0.2, 0) is 0 Å². The van der Waals surface area contributed by atoms with E-state index >= 15 is 0 Å². The van der Waals surface area contributed by atoms with E-state index in [1.165, 1.54) is 0 Å². The number of halogens is 3. The van der Waals surface area contributed by atoms with Gasteiger partial charge in [-0.05, 0) is 12.8 Å². The monoisotopic (exact) mass is 197 g/mol. The standard InChI is InChI=1S/C7H10ClF2NO/c8-6(11-12)5-1-3-7(9,10)4-2-5/h5,12H,1-4H2/b11-6+. The minimum Gasteiger partial charge on any atom is -0.410 e. The molecule has 1 aliphatic carbocycles. The molecule has 0 aliphatic heterocycles. The Balaban J connectivity index is 2.47. The molecule has 0 aromatic heterocycles. The quantitative estimate of drug-likeness (QED) is 0.391. The second kappa shape index (κ2) is 3.56. The largest absolute Gasteiger partial charge is 0.410 e. The van der Waals surface area contributed by atoms with E-state index in [0.717, 1.165) is 0 Å². The van der Waals surface area contributed by atoms with Gasteiger partial charge in [-0.2, -0.15) is 0 Å². The molecule has 0 saturated heterocycles. The second-order valence-electron chi connectivity index (χ2n) is 3.05. The topological polar surface area (TPSA) is 32.6 Å². The molecule has 1 saturated carbocycles. The van der Waals surface area contributed by atoms with Gasteiger partial charge in [-0.15, -0.1) is 0 Å². The van der Waals surface area contributed by atoms with E-state index in [1.807, 2.05) is 0 Å². The minimum absolute atomic E-state index is 0.0468. The van der Waals surface area contributed by atoms with Crippen LogP contribution in [0.15, 0.2) is 5.16 Å². The third-order valence-electron chi connectivity index (χ3n) is 2.15. The molecule has 1 aliphatic rings. The number of rotatable bonds is 1. The van der Waals surface area contributed by atoms with Gasteiger partial charge in [0.2, 0.25) is 5.92 Å². The lowest BCUT2D eigenvalue weighted by Gasteiger charge is -2.26. The third-order valence-corrected chi connectivity index (χ3v) is 2.53. The molecule has 1 fully saturated rings. The van der Waals surface area contributed by atoms with Crippen LogP contribution in [-0.4, -0.2) is 16.3 Å². The summed E-state index contributed by atoms with van der Waals surface area (Å²) in [7, 11) is 0. The molecule has 5 heteroatoms. The Morgan fingerprint density at radius 1 is 1.42 bits per heavy atom. The highest BCUT2D eigenvalue weighted by Gasteiger charge is 2.36. The van der Waals surface area contributed by atoms with Crippen LogP contribution in [0.2, 0.25) is 0 Å². The van der Waals surface area contributed by atoms with E-state index in [2.05, 4.69) is 5.16 Å². The molecule has 0 aromatic rings. The van der Waals surface area contributed by atoms with Crippen LogP contribution in [0.1, 0.15) is 25.7 Å². The van der Waals surface area contributed by atoms with Crippen LogP contribution in [0.3, 0.4) is 0 Å². The van der Waals surface area contributed by atoms with Crippen molar-refractivity contribution in [1.82, 2.24) is 0 Å². The molecule has 0 bridgehead atoms. The molecule has 0 amide bonds. The maximum atomic E-state index is 12.6. The van der Waals surface area contributed by atoms with E-state index in [4.69, 9.17) is 16.8 Å². The number of alkyl halides is 2. The molecule has 70 valence electrons. The minimum atomic E-state index is -2.55. The number of hydrogen-bond donors (Lipinski definition) is 1. The Kier molecular flexibility index (Phi) is 2.88. The van der Waals surface area contributed by atoms with E-state index < -0.39 is 5.92 Å². The van der Waals surface area contributed by atoms with E-state index in [-0.39, 0.29) is 23.9 Å². The van der Waals surface area contributed by atoms with Crippen molar-refractivity contribution in [3.8, 4) is 0 Å². The van der Waals surface area contributed by atoms with Crippen molar-refractivity contribution >= 4 is 16.8 Å². The molecule has 1 rings (SSSR count). The molecule has 0 aromatic carbocycles. The van der Waals surface area contributed by atoms with E-state index in [9.17, 15) is 8.78 Å². The first-order chi connectivity index (χ1) is 5.55. The molecule has 2 nitrogen and oxygen atoms in total. The second-order valence-corrected chi connectivity index (χ2v) is 3.44. The zero-order chi connectivity index (χ0) is 9.19. The molecular formula is C7H10ClF2NO. The van der Waals surface area contributed by atoms with Crippen molar-refractivity contribution in [1.29, 1.82) is 0 Å². The summed E-state index contributed by atoms with van der Waals surface area (Å²) < 4.78 is 25.2. The van der Waals surface area contributed by atoms with Crippen LogP contribution in [0.4, 0.5) is 8.78 Å². The summed E-state index contributed by atoms with van der Waals surface area (Å²) >= 11 is 5.49. The highest BCUT2D eigenvalue weighted by molar-refractivity contribution is 6.65. The van der Waals surface area contributed by atoms with Crippen molar-refractivity contribution in [3.63, 3.8) is 0 Å². The summed E-state index contributed by atoms with van der Waals surface area (Å²) in [6, 6.07) is 0. The maximum absolute atomic E-state index is 12.6. The summed E-state index contributed by atoms with van der Waals surface area (Å²) in [5, 5.41) is 11.1. The first-order valence-corrected chi connectivity index (χ1v) is 4.18. The van der Waals surface area contributed by atoms with Crippen molar-refractivity contribution in [2.45, 2.75) is 31.6 Å². The van der Waals surface area contributed by atoms with Gasteiger partial charge in [0.25, 0.3) is 0 Å². The van der Waals surface area contributed by atoms with Gasteiger partial charge in [-0.25, -0.2) is 8.78 Å². The van der Waals surface area contributed by atoms with Crippen molar-refractivity contribution in [2.24, 2.45) is 11.1 Å². The van der Waals surface area contributed by atoms with Gasteiger partial charge < -0.3 is 5.21 Å². The fourth-order valence-electron chi connectivity index (χ4n) is 1.36. The predicted molar refractivity (Wildman–Crippen MR) is 42.0 cm³/mol. The Labute approximate surface area is 74.2 Å². The van der Waals surface area contributed by atoms with E-state index in [1.54, 1.807) is 0 Å². The van der Waals surface area contributed by atoms with Crippen LogP contribution < -0.4 is 0 Å². The van der Waals surface area contributed by atoms with Crippen molar-refractivity contribution in [3.05, 3.63) is 0 Å².